The van der Waals surface area contributed by atoms with E-state index in [2.05, 4.69) is 9.72 Å². The number of carbonyl (C=O) groups is 2. The van der Waals surface area contributed by atoms with Crippen molar-refractivity contribution in [3.05, 3.63) is 28.6 Å². The molecule has 4 heteroatoms. The van der Waals surface area contributed by atoms with E-state index < -0.39 is 11.9 Å². The molecule has 0 saturated heterocycles. The summed E-state index contributed by atoms with van der Waals surface area (Å²) in [5, 5.41) is 0. The van der Waals surface area contributed by atoms with E-state index in [4.69, 9.17) is 0 Å². The van der Waals surface area contributed by atoms with Gasteiger partial charge in [-0.25, -0.2) is 4.98 Å². The molecule has 0 amide bonds. The molecule has 0 aliphatic rings. The van der Waals surface area contributed by atoms with Crippen molar-refractivity contribution in [3.8, 4) is 0 Å². The number of hydrogen-bond donors (Lipinski definition) is 0. The summed E-state index contributed by atoms with van der Waals surface area (Å²) in [7, 11) is 1.27. The van der Waals surface area contributed by atoms with E-state index in [-0.39, 0.29) is 5.78 Å². The van der Waals surface area contributed by atoms with Crippen molar-refractivity contribution < 1.29 is 14.3 Å². The highest BCUT2D eigenvalue weighted by atomic mass is 16.5. The van der Waals surface area contributed by atoms with Gasteiger partial charge in [0.15, 0.2) is 5.78 Å². The summed E-state index contributed by atoms with van der Waals surface area (Å²) >= 11 is 0. The second kappa shape index (κ2) is 5.08. The Morgan fingerprint density at radius 1 is 1.24 bits per heavy atom. The Hall–Kier alpha value is -1.71. The Morgan fingerprint density at radius 2 is 1.82 bits per heavy atom. The van der Waals surface area contributed by atoms with Crippen LogP contribution in [0.25, 0.3) is 0 Å². The maximum Gasteiger partial charge on any atom is 0.316 e. The van der Waals surface area contributed by atoms with E-state index in [1.54, 1.807) is 0 Å². The van der Waals surface area contributed by atoms with Gasteiger partial charge in [-0.1, -0.05) is 6.07 Å². The molecule has 1 aromatic rings. The lowest BCUT2D eigenvalue weighted by Crippen LogP contribution is -2.24. The monoisotopic (exact) mass is 235 g/mol. The minimum absolute atomic E-state index is 0.294. The zero-order chi connectivity index (χ0) is 13.2. The standard InChI is InChI=1S/C13H17NO3/c1-7-6-8(2)11(14-10(7)4)12(15)9(3)13(16)17-5/h6,9H,1-5H3. The van der Waals surface area contributed by atoms with Crippen molar-refractivity contribution in [2.24, 2.45) is 5.92 Å². The Labute approximate surface area is 101 Å². The van der Waals surface area contributed by atoms with Gasteiger partial charge < -0.3 is 4.74 Å². The molecule has 1 rings (SSSR count). The molecule has 0 aliphatic heterocycles. The smallest absolute Gasteiger partial charge is 0.316 e. The van der Waals surface area contributed by atoms with E-state index >= 15 is 0 Å². The van der Waals surface area contributed by atoms with Gasteiger partial charge in [0.05, 0.1) is 7.11 Å². The summed E-state index contributed by atoms with van der Waals surface area (Å²) in [6.07, 6.45) is 0. The van der Waals surface area contributed by atoms with E-state index in [0.29, 0.717) is 5.69 Å². The Kier molecular flexibility index (Phi) is 3.99. The quantitative estimate of drug-likeness (QED) is 0.457. The molecule has 0 radical (unpaired) electrons. The van der Waals surface area contributed by atoms with E-state index in [1.165, 1.54) is 14.0 Å². The maximum absolute atomic E-state index is 12.1. The number of ketones is 1. The zero-order valence-corrected chi connectivity index (χ0v) is 10.8. The van der Waals surface area contributed by atoms with Gasteiger partial charge in [-0.3, -0.25) is 9.59 Å². The summed E-state index contributed by atoms with van der Waals surface area (Å²) in [4.78, 5) is 27.6. The molecule has 0 aromatic carbocycles. The molecule has 0 bridgehead atoms. The number of rotatable bonds is 3. The Balaban J connectivity index is 3.13. The first-order valence-electron chi connectivity index (χ1n) is 5.45. The van der Waals surface area contributed by atoms with Crippen LogP contribution in [0.2, 0.25) is 0 Å². The largest absolute Gasteiger partial charge is 0.468 e. The van der Waals surface area contributed by atoms with Crippen LogP contribution in [0.15, 0.2) is 6.07 Å². The molecule has 1 heterocycles. The summed E-state index contributed by atoms with van der Waals surface area (Å²) in [6, 6.07) is 1.90. The third-order valence-electron chi connectivity index (χ3n) is 2.84. The van der Waals surface area contributed by atoms with Gasteiger partial charge in [-0.15, -0.1) is 0 Å². The van der Waals surface area contributed by atoms with Crippen molar-refractivity contribution >= 4 is 11.8 Å². The van der Waals surface area contributed by atoms with Crippen LogP contribution in [0.1, 0.15) is 34.2 Å². The van der Waals surface area contributed by atoms with Crippen molar-refractivity contribution in [3.63, 3.8) is 0 Å². The molecule has 0 N–H and O–H groups in total. The lowest BCUT2D eigenvalue weighted by molar-refractivity contribution is -0.143. The molecule has 0 spiro atoms. The topological polar surface area (TPSA) is 56.3 Å². The first kappa shape index (κ1) is 13.4. The van der Waals surface area contributed by atoms with Gasteiger partial charge in [0, 0.05) is 5.69 Å². The minimum atomic E-state index is -0.812. The van der Waals surface area contributed by atoms with Crippen LogP contribution in [0, 0.1) is 26.7 Å². The predicted octanol–water partition coefficient (Wildman–Crippen LogP) is 2.00. The minimum Gasteiger partial charge on any atom is -0.468 e. The second-order valence-electron chi connectivity index (χ2n) is 4.17. The van der Waals surface area contributed by atoms with Crippen LogP contribution < -0.4 is 0 Å². The number of pyridine rings is 1. The fourth-order valence-electron chi connectivity index (χ4n) is 1.58. The van der Waals surface area contributed by atoms with Crippen LogP contribution in [0.5, 0.6) is 0 Å². The molecule has 0 aliphatic carbocycles. The summed E-state index contributed by atoms with van der Waals surface area (Å²) < 4.78 is 4.56. The highest BCUT2D eigenvalue weighted by molar-refractivity contribution is 6.07. The Bertz CT molecular complexity index is 466. The first-order valence-corrected chi connectivity index (χ1v) is 5.45. The predicted molar refractivity (Wildman–Crippen MR) is 64.0 cm³/mol. The second-order valence-corrected chi connectivity index (χ2v) is 4.17. The molecule has 1 atom stereocenters. The van der Waals surface area contributed by atoms with E-state index in [9.17, 15) is 9.59 Å². The summed E-state index contributed by atoms with van der Waals surface area (Å²) in [5.74, 6) is -1.64. The van der Waals surface area contributed by atoms with Gasteiger partial charge in [0.1, 0.15) is 11.6 Å². The van der Waals surface area contributed by atoms with Crippen molar-refractivity contribution in [1.82, 2.24) is 4.98 Å². The van der Waals surface area contributed by atoms with E-state index in [0.717, 1.165) is 16.8 Å². The number of hydrogen-bond acceptors (Lipinski definition) is 4. The maximum atomic E-state index is 12.1. The molecule has 1 unspecified atom stereocenters. The zero-order valence-electron chi connectivity index (χ0n) is 10.8. The highest BCUT2D eigenvalue weighted by Gasteiger charge is 2.26. The number of Topliss-reactive ketones (excluding diaryl/α,β-unsaturated/α-hetero) is 1. The summed E-state index contributed by atoms with van der Waals surface area (Å²) in [6.45, 7) is 7.13. The van der Waals surface area contributed by atoms with Crippen molar-refractivity contribution in [2.45, 2.75) is 27.7 Å². The normalized spacial score (nSPS) is 12.1. The number of nitrogens with zero attached hydrogens (tertiary/aromatic N) is 1. The van der Waals surface area contributed by atoms with Crippen LogP contribution in [0.4, 0.5) is 0 Å². The van der Waals surface area contributed by atoms with Gasteiger partial charge in [0.2, 0.25) is 0 Å². The summed E-state index contributed by atoms with van der Waals surface area (Å²) in [5.41, 5.74) is 2.97. The van der Waals surface area contributed by atoms with Gasteiger partial charge >= 0.3 is 5.97 Å². The number of aromatic nitrogens is 1. The molecular weight excluding hydrogens is 218 g/mol. The van der Waals surface area contributed by atoms with Crippen LogP contribution in [-0.4, -0.2) is 23.8 Å². The number of esters is 1. The average molecular weight is 235 g/mol. The molecule has 0 fully saturated rings. The highest BCUT2D eigenvalue weighted by Crippen LogP contribution is 2.16. The molecule has 17 heavy (non-hydrogen) atoms. The molecular formula is C13H17NO3. The molecule has 1 aromatic heterocycles. The number of methoxy groups -OCH3 is 1. The number of aryl methyl sites for hydroxylation is 3. The molecule has 4 nitrogen and oxygen atoms in total. The number of ether oxygens (including phenoxy) is 1. The lowest BCUT2D eigenvalue weighted by Gasteiger charge is -2.11. The third-order valence-corrected chi connectivity index (χ3v) is 2.84. The van der Waals surface area contributed by atoms with Gasteiger partial charge in [0.25, 0.3) is 0 Å². The number of carbonyl (C=O) groups excluding carboxylic acids is 2. The fourth-order valence-corrected chi connectivity index (χ4v) is 1.58. The fraction of sp³-hybridized carbons (Fsp3) is 0.462. The van der Waals surface area contributed by atoms with Crippen molar-refractivity contribution in [2.75, 3.05) is 7.11 Å². The molecule has 92 valence electrons. The lowest BCUT2D eigenvalue weighted by atomic mass is 9.99. The van der Waals surface area contributed by atoms with Gasteiger partial charge in [-0.05, 0) is 38.8 Å². The molecule has 0 saturated carbocycles. The van der Waals surface area contributed by atoms with Crippen LogP contribution in [-0.2, 0) is 9.53 Å². The van der Waals surface area contributed by atoms with Crippen molar-refractivity contribution in [1.29, 1.82) is 0 Å². The van der Waals surface area contributed by atoms with Crippen LogP contribution >= 0.6 is 0 Å². The van der Waals surface area contributed by atoms with Gasteiger partial charge in [-0.2, -0.15) is 0 Å². The Morgan fingerprint density at radius 3 is 2.35 bits per heavy atom. The van der Waals surface area contributed by atoms with E-state index in [1.807, 2.05) is 26.8 Å². The van der Waals surface area contributed by atoms with Crippen LogP contribution in [0.3, 0.4) is 0 Å². The average Bonchev–Trinajstić information content (AvgIpc) is 2.31. The first-order chi connectivity index (χ1) is 7.88. The third kappa shape index (κ3) is 2.70. The SMILES string of the molecule is COC(=O)C(C)C(=O)c1nc(C)c(C)cc1C.